The third-order valence-corrected chi connectivity index (χ3v) is 6.38. The second-order valence-corrected chi connectivity index (χ2v) is 8.51. The molecule has 0 aliphatic carbocycles. The standard InChI is InChI=1S/C25H27F2N3O4/c26-19-7-5-18(6-8-19)23(31)28-22(25(33)30-13-15-34-16-14-30)17-9-11-29(12-10-17)24(32)20-3-1-2-4-21(20)27/h1-8,17,22H,9-16H2,(H,28,31)/t22-/m0/s1. The Morgan fingerprint density at radius 2 is 1.53 bits per heavy atom. The third-order valence-electron chi connectivity index (χ3n) is 6.38. The lowest BCUT2D eigenvalue weighted by molar-refractivity contribution is -0.139. The topological polar surface area (TPSA) is 79.0 Å². The first-order valence-electron chi connectivity index (χ1n) is 11.4. The number of halogens is 2. The van der Waals surface area contributed by atoms with Gasteiger partial charge in [0.2, 0.25) is 5.91 Å². The largest absolute Gasteiger partial charge is 0.378 e. The van der Waals surface area contributed by atoms with E-state index in [1.807, 2.05) is 0 Å². The van der Waals surface area contributed by atoms with E-state index < -0.39 is 23.6 Å². The van der Waals surface area contributed by atoms with Gasteiger partial charge >= 0.3 is 0 Å². The van der Waals surface area contributed by atoms with Gasteiger partial charge in [0.05, 0.1) is 18.8 Å². The summed E-state index contributed by atoms with van der Waals surface area (Å²) >= 11 is 0. The summed E-state index contributed by atoms with van der Waals surface area (Å²) in [7, 11) is 0. The van der Waals surface area contributed by atoms with Crippen LogP contribution in [0.4, 0.5) is 8.78 Å². The predicted octanol–water partition coefficient (Wildman–Crippen LogP) is 2.47. The van der Waals surface area contributed by atoms with E-state index >= 15 is 0 Å². The number of hydrogen-bond donors (Lipinski definition) is 1. The summed E-state index contributed by atoms with van der Waals surface area (Å²) in [6.07, 6.45) is 0.954. The smallest absolute Gasteiger partial charge is 0.256 e. The summed E-state index contributed by atoms with van der Waals surface area (Å²) < 4.78 is 32.7. The molecular formula is C25H27F2N3O4. The molecule has 0 saturated carbocycles. The number of ether oxygens (including phenoxy) is 1. The molecule has 0 radical (unpaired) electrons. The zero-order valence-electron chi connectivity index (χ0n) is 18.7. The fraction of sp³-hybridized carbons (Fsp3) is 0.400. The fourth-order valence-electron chi connectivity index (χ4n) is 4.43. The molecule has 2 fully saturated rings. The van der Waals surface area contributed by atoms with Gasteiger partial charge in [0.15, 0.2) is 0 Å². The molecule has 1 N–H and O–H groups in total. The molecule has 0 aromatic heterocycles. The highest BCUT2D eigenvalue weighted by atomic mass is 19.1. The quantitative estimate of drug-likeness (QED) is 0.727. The van der Waals surface area contributed by atoms with Gasteiger partial charge < -0.3 is 19.9 Å². The van der Waals surface area contributed by atoms with E-state index in [1.165, 1.54) is 42.5 Å². The molecule has 4 rings (SSSR count). The van der Waals surface area contributed by atoms with Gasteiger partial charge in [-0.05, 0) is 55.2 Å². The Bertz CT molecular complexity index is 1030. The minimum Gasteiger partial charge on any atom is -0.378 e. The van der Waals surface area contributed by atoms with Crippen LogP contribution in [0.2, 0.25) is 0 Å². The molecular weight excluding hydrogens is 444 g/mol. The van der Waals surface area contributed by atoms with Crippen LogP contribution in [0.1, 0.15) is 33.6 Å². The number of morpholine rings is 1. The van der Waals surface area contributed by atoms with Crippen LogP contribution in [0.15, 0.2) is 48.5 Å². The molecule has 34 heavy (non-hydrogen) atoms. The molecule has 2 aromatic rings. The summed E-state index contributed by atoms with van der Waals surface area (Å²) in [5.74, 6) is -2.27. The molecule has 2 heterocycles. The predicted molar refractivity (Wildman–Crippen MR) is 120 cm³/mol. The lowest BCUT2D eigenvalue weighted by Gasteiger charge is -2.38. The van der Waals surface area contributed by atoms with Crippen molar-refractivity contribution in [2.24, 2.45) is 5.92 Å². The molecule has 180 valence electrons. The number of likely N-dealkylation sites (tertiary alicyclic amines) is 1. The Balaban J connectivity index is 1.47. The normalized spacial score (nSPS) is 17.8. The van der Waals surface area contributed by atoms with Crippen LogP contribution >= 0.6 is 0 Å². The van der Waals surface area contributed by atoms with Crippen LogP contribution in [0.5, 0.6) is 0 Å². The van der Waals surface area contributed by atoms with Gasteiger partial charge in [-0.1, -0.05) is 12.1 Å². The van der Waals surface area contributed by atoms with Gasteiger partial charge in [-0.3, -0.25) is 14.4 Å². The van der Waals surface area contributed by atoms with Gasteiger partial charge in [0.1, 0.15) is 17.7 Å². The zero-order valence-corrected chi connectivity index (χ0v) is 18.7. The van der Waals surface area contributed by atoms with E-state index in [2.05, 4.69) is 5.32 Å². The molecule has 0 spiro atoms. The van der Waals surface area contributed by atoms with E-state index in [4.69, 9.17) is 4.74 Å². The van der Waals surface area contributed by atoms with Crippen LogP contribution in [0.3, 0.4) is 0 Å². The first-order valence-corrected chi connectivity index (χ1v) is 11.4. The molecule has 7 nitrogen and oxygen atoms in total. The number of rotatable bonds is 5. The van der Waals surface area contributed by atoms with E-state index in [1.54, 1.807) is 15.9 Å². The molecule has 0 bridgehead atoms. The zero-order chi connectivity index (χ0) is 24.1. The van der Waals surface area contributed by atoms with Gasteiger partial charge in [-0.15, -0.1) is 0 Å². The van der Waals surface area contributed by atoms with Crippen LogP contribution in [0.25, 0.3) is 0 Å². The van der Waals surface area contributed by atoms with Crippen molar-refractivity contribution in [1.82, 2.24) is 15.1 Å². The average molecular weight is 472 g/mol. The average Bonchev–Trinajstić information content (AvgIpc) is 2.88. The Morgan fingerprint density at radius 3 is 2.18 bits per heavy atom. The van der Waals surface area contributed by atoms with Crippen molar-refractivity contribution in [3.63, 3.8) is 0 Å². The highest BCUT2D eigenvalue weighted by molar-refractivity contribution is 5.98. The number of nitrogens with one attached hydrogen (secondary N) is 1. The molecule has 2 saturated heterocycles. The second kappa shape index (κ2) is 10.7. The van der Waals surface area contributed by atoms with Crippen LogP contribution in [-0.4, -0.2) is 73.0 Å². The summed E-state index contributed by atoms with van der Waals surface area (Å²) in [6, 6.07) is 10.2. The van der Waals surface area contributed by atoms with E-state index in [9.17, 15) is 23.2 Å². The summed E-state index contributed by atoms with van der Waals surface area (Å²) in [4.78, 5) is 42.2. The molecule has 1 atom stereocenters. The molecule has 0 unspecified atom stereocenters. The van der Waals surface area contributed by atoms with Crippen LogP contribution in [0, 0.1) is 17.6 Å². The maximum atomic E-state index is 14.1. The fourth-order valence-corrected chi connectivity index (χ4v) is 4.43. The Labute approximate surface area is 196 Å². The number of hydrogen-bond acceptors (Lipinski definition) is 4. The van der Waals surface area contributed by atoms with Crippen LogP contribution < -0.4 is 5.32 Å². The number of carbonyl (C=O) groups is 3. The summed E-state index contributed by atoms with van der Waals surface area (Å²) in [5, 5.41) is 2.85. The Kier molecular flexibility index (Phi) is 7.52. The van der Waals surface area contributed by atoms with Crippen LogP contribution in [-0.2, 0) is 9.53 Å². The molecule has 9 heteroatoms. The van der Waals surface area contributed by atoms with Gasteiger partial charge in [-0.2, -0.15) is 0 Å². The number of amides is 3. The minimum atomic E-state index is -0.790. The maximum Gasteiger partial charge on any atom is 0.256 e. The number of carbonyl (C=O) groups excluding carboxylic acids is 3. The monoisotopic (exact) mass is 471 g/mol. The van der Waals surface area contributed by atoms with E-state index in [-0.39, 0.29) is 28.9 Å². The highest BCUT2D eigenvalue weighted by Crippen LogP contribution is 2.25. The van der Waals surface area contributed by atoms with Crippen molar-refractivity contribution >= 4 is 17.7 Å². The van der Waals surface area contributed by atoms with Crippen molar-refractivity contribution < 1.29 is 27.9 Å². The third kappa shape index (κ3) is 5.41. The van der Waals surface area contributed by atoms with Crippen molar-refractivity contribution in [1.29, 1.82) is 0 Å². The van der Waals surface area contributed by atoms with Crippen molar-refractivity contribution in [2.75, 3.05) is 39.4 Å². The van der Waals surface area contributed by atoms with Gasteiger partial charge in [0, 0.05) is 31.7 Å². The minimum absolute atomic E-state index is 0.0199. The SMILES string of the molecule is O=C(N[C@H](C(=O)N1CCOCC1)C1CCN(C(=O)c2ccccc2F)CC1)c1ccc(F)cc1. The number of nitrogens with zero attached hydrogens (tertiary/aromatic N) is 2. The van der Waals surface area contributed by atoms with Gasteiger partial charge in [-0.25, -0.2) is 8.78 Å². The maximum absolute atomic E-state index is 14.1. The van der Waals surface area contributed by atoms with Gasteiger partial charge in [0.25, 0.3) is 11.8 Å². The number of piperidine rings is 1. The molecule has 2 aliphatic heterocycles. The van der Waals surface area contributed by atoms with Crippen molar-refractivity contribution in [3.8, 4) is 0 Å². The lowest BCUT2D eigenvalue weighted by atomic mass is 9.87. The van der Waals surface area contributed by atoms with E-state index in [0.717, 1.165) is 0 Å². The summed E-state index contributed by atoms with van der Waals surface area (Å²) in [6.45, 7) is 2.42. The first kappa shape index (κ1) is 23.8. The number of benzene rings is 2. The Hall–Kier alpha value is -3.33. The highest BCUT2D eigenvalue weighted by Gasteiger charge is 2.37. The van der Waals surface area contributed by atoms with Crippen molar-refractivity contribution in [3.05, 3.63) is 71.3 Å². The molecule has 3 amide bonds. The molecule has 2 aromatic carbocycles. The van der Waals surface area contributed by atoms with E-state index in [0.29, 0.717) is 52.2 Å². The Morgan fingerprint density at radius 1 is 0.882 bits per heavy atom. The second-order valence-electron chi connectivity index (χ2n) is 8.51. The first-order chi connectivity index (χ1) is 16.4. The molecule has 2 aliphatic rings. The summed E-state index contributed by atoms with van der Waals surface area (Å²) in [5.41, 5.74) is 0.278. The van der Waals surface area contributed by atoms with Crippen molar-refractivity contribution in [2.45, 2.75) is 18.9 Å². The lowest BCUT2D eigenvalue weighted by Crippen LogP contribution is -2.56.